The average molecular weight is 433 g/mol. The van der Waals surface area contributed by atoms with E-state index >= 15 is 0 Å². The minimum Gasteiger partial charge on any atom is -0.377 e. The van der Waals surface area contributed by atoms with Gasteiger partial charge in [0.15, 0.2) is 16.9 Å². The molecule has 0 amide bonds. The zero-order valence-electron chi connectivity index (χ0n) is 17.9. The zero-order chi connectivity index (χ0) is 20.8. The fourth-order valence-corrected chi connectivity index (χ4v) is 4.84. The quantitative estimate of drug-likeness (QED) is 0.483. The van der Waals surface area contributed by atoms with Gasteiger partial charge in [0.1, 0.15) is 12.4 Å². The molecule has 0 aromatic carbocycles. The van der Waals surface area contributed by atoms with Gasteiger partial charge in [0.2, 0.25) is 0 Å². The Kier molecular flexibility index (Phi) is 7.16. The van der Waals surface area contributed by atoms with Gasteiger partial charge in [-0.05, 0) is 26.2 Å². The highest BCUT2D eigenvalue weighted by molar-refractivity contribution is 7.13. The largest absolute Gasteiger partial charge is 0.377 e. The molecule has 2 aromatic rings. The summed E-state index contributed by atoms with van der Waals surface area (Å²) in [7, 11) is 1.67. The number of hydrogen-bond donors (Lipinski definition) is 2. The van der Waals surface area contributed by atoms with E-state index in [2.05, 4.69) is 37.9 Å². The van der Waals surface area contributed by atoms with Crippen LogP contribution in [0.3, 0.4) is 0 Å². The van der Waals surface area contributed by atoms with Gasteiger partial charge < -0.3 is 20.3 Å². The molecule has 4 heterocycles. The number of hydrogen-bond acceptors (Lipinski definition) is 7. The molecule has 0 radical (unpaired) electrons. The van der Waals surface area contributed by atoms with Crippen LogP contribution >= 0.6 is 11.3 Å². The van der Waals surface area contributed by atoms with Gasteiger partial charge in [-0.25, -0.2) is 14.6 Å². The fraction of sp³-hybridized carbons (Fsp3) is 0.700. The molecular formula is C20H32N8OS. The highest BCUT2D eigenvalue weighted by atomic mass is 32.1. The van der Waals surface area contributed by atoms with Crippen molar-refractivity contribution in [1.29, 1.82) is 0 Å². The Morgan fingerprint density at radius 1 is 1.33 bits per heavy atom. The van der Waals surface area contributed by atoms with E-state index in [1.807, 2.05) is 4.68 Å². The number of ether oxygens (including phenoxy) is 1. The van der Waals surface area contributed by atoms with Crippen molar-refractivity contribution in [1.82, 2.24) is 30.4 Å². The molecule has 0 saturated carbocycles. The molecule has 2 aliphatic rings. The second-order valence-corrected chi connectivity index (χ2v) is 8.60. The summed E-state index contributed by atoms with van der Waals surface area (Å²) in [5, 5.41) is 14.8. The first-order valence-electron chi connectivity index (χ1n) is 10.9. The SMILES string of the molecule is CCNC(=NCCc1csc(N2CCCC2)n1)NC1CCc2nc(COC)nn2C1. The summed E-state index contributed by atoms with van der Waals surface area (Å²) in [6.45, 7) is 7.18. The standard InChI is InChI=1S/C20H32N8OS/c1-3-21-19(22-9-8-16-14-30-20(24-16)27-10-4-5-11-27)23-15-6-7-18-25-17(13-29-2)26-28(18)12-15/h14-15H,3-13H2,1-2H3,(H2,21,22,23). The van der Waals surface area contributed by atoms with Crippen molar-refractivity contribution in [3.8, 4) is 0 Å². The van der Waals surface area contributed by atoms with Crippen molar-refractivity contribution < 1.29 is 4.74 Å². The highest BCUT2D eigenvalue weighted by Gasteiger charge is 2.22. The maximum atomic E-state index is 5.15. The van der Waals surface area contributed by atoms with Crippen molar-refractivity contribution in [2.75, 3.05) is 38.2 Å². The van der Waals surface area contributed by atoms with E-state index in [9.17, 15) is 0 Å². The summed E-state index contributed by atoms with van der Waals surface area (Å²) >= 11 is 1.75. The maximum Gasteiger partial charge on any atom is 0.191 e. The molecule has 30 heavy (non-hydrogen) atoms. The smallest absolute Gasteiger partial charge is 0.191 e. The van der Waals surface area contributed by atoms with Crippen LogP contribution in [-0.2, 0) is 30.7 Å². The number of guanidine groups is 1. The third-order valence-electron chi connectivity index (χ3n) is 5.41. The summed E-state index contributed by atoms with van der Waals surface area (Å²) in [6, 6.07) is 0.286. The number of rotatable bonds is 8. The number of aromatic nitrogens is 4. The predicted molar refractivity (Wildman–Crippen MR) is 119 cm³/mol. The molecule has 1 unspecified atom stereocenters. The Hall–Kier alpha value is -2.20. The van der Waals surface area contributed by atoms with E-state index < -0.39 is 0 Å². The van der Waals surface area contributed by atoms with E-state index in [-0.39, 0.29) is 6.04 Å². The van der Waals surface area contributed by atoms with Crippen LogP contribution in [0.4, 0.5) is 5.13 Å². The van der Waals surface area contributed by atoms with Gasteiger partial charge in [-0.2, -0.15) is 5.10 Å². The first-order chi connectivity index (χ1) is 14.7. The minimum atomic E-state index is 0.286. The molecule has 0 aliphatic carbocycles. The van der Waals surface area contributed by atoms with E-state index in [1.165, 1.54) is 12.8 Å². The van der Waals surface area contributed by atoms with Gasteiger partial charge in [-0.1, -0.05) is 0 Å². The van der Waals surface area contributed by atoms with E-state index in [1.54, 1.807) is 18.4 Å². The average Bonchev–Trinajstić information content (AvgIpc) is 3.48. The minimum absolute atomic E-state index is 0.286. The number of methoxy groups -OCH3 is 1. The highest BCUT2D eigenvalue weighted by Crippen LogP contribution is 2.24. The molecule has 10 heteroatoms. The van der Waals surface area contributed by atoms with Crippen LogP contribution in [-0.4, -0.2) is 65.0 Å². The Balaban J connectivity index is 1.30. The first kappa shape index (κ1) is 21.0. The van der Waals surface area contributed by atoms with Crippen LogP contribution in [0.25, 0.3) is 0 Å². The van der Waals surface area contributed by atoms with Crippen LogP contribution in [0.15, 0.2) is 10.4 Å². The van der Waals surface area contributed by atoms with Crippen molar-refractivity contribution in [2.45, 2.75) is 58.2 Å². The van der Waals surface area contributed by atoms with Crippen molar-refractivity contribution in [2.24, 2.45) is 4.99 Å². The zero-order valence-corrected chi connectivity index (χ0v) is 18.7. The number of thiazole rings is 1. The maximum absolute atomic E-state index is 5.15. The molecule has 1 fully saturated rings. The molecule has 0 spiro atoms. The first-order valence-corrected chi connectivity index (χ1v) is 11.8. The molecule has 2 aromatic heterocycles. The summed E-state index contributed by atoms with van der Waals surface area (Å²) in [4.78, 5) is 16.5. The van der Waals surface area contributed by atoms with Crippen LogP contribution in [0, 0.1) is 0 Å². The van der Waals surface area contributed by atoms with Crippen molar-refractivity contribution in [3.05, 3.63) is 22.7 Å². The predicted octanol–water partition coefficient (Wildman–Crippen LogP) is 1.59. The number of nitrogens with zero attached hydrogens (tertiary/aromatic N) is 6. The summed E-state index contributed by atoms with van der Waals surface area (Å²) in [5.74, 6) is 2.66. The molecule has 2 aliphatic heterocycles. The normalized spacial score (nSPS) is 19.2. The summed E-state index contributed by atoms with van der Waals surface area (Å²) in [6.07, 6.45) is 5.34. The molecule has 0 bridgehead atoms. The van der Waals surface area contributed by atoms with Crippen molar-refractivity contribution >= 4 is 22.4 Å². The number of anilines is 1. The van der Waals surface area contributed by atoms with Gasteiger partial charge >= 0.3 is 0 Å². The summed E-state index contributed by atoms with van der Waals surface area (Å²) < 4.78 is 7.14. The van der Waals surface area contributed by atoms with E-state index in [0.717, 1.165) is 80.4 Å². The lowest BCUT2D eigenvalue weighted by Gasteiger charge is -2.25. The lowest BCUT2D eigenvalue weighted by molar-refractivity contribution is 0.177. The van der Waals surface area contributed by atoms with Crippen LogP contribution in [0.5, 0.6) is 0 Å². The van der Waals surface area contributed by atoms with Crippen LogP contribution < -0.4 is 15.5 Å². The van der Waals surface area contributed by atoms with E-state index in [4.69, 9.17) is 14.7 Å². The summed E-state index contributed by atoms with van der Waals surface area (Å²) in [5.41, 5.74) is 1.14. The fourth-order valence-electron chi connectivity index (χ4n) is 3.93. The number of aliphatic imine (C=N–C) groups is 1. The Morgan fingerprint density at radius 2 is 2.20 bits per heavy atom. The van der Waals surface area contributed by atoms with Gasteiger partial charge in [-0.15, -0.1) is 11.3 Å². The number of nitrogens with one attached hydrogen (secondary N) is 2. The van der Waals surface area contributed by atoms with Gasteiger partial charge in [0.25, 0.3) is 0 Å². The monoisotopic (exact) mass is 432 g/mol. The van der Waals surface area contributed by atoms with Crippen LogP contribution in [0.1, 0.15) is 43.5 Å². The Labute approximate surface area is 182 Å². The second kappa shape index (κ2) is 10.2. The number of aryl methyl sites for hydroxylation is 1. The molecule has 9 nitrogen and oxygen atoms in total. The van der Waals surface area contributed by atoms with E-state index in [0.29, 0.717) is 6.61 Å². The third kappa shape index (κ3) is 5.28. The topological polar surface area (TPSA) is 92.5 Å². The number of fused-ring (bicyclic) bond motifs is 1. The second-order valence-electron chi connectivity index (χ2n) is 7.77. The van der Waals surface area contributed by atoms with Gasteiger partial charge in [0.05, 0.1) is 12.2 Å². The van der Waals surface area contributed by atoms with Crippen LogP contribution in [0.2, 0.25) is 0 Å². The third-order valence-corrected chi connectivity index (χ3v) is 6.36. The molecule has 1 atom stereocenters. The molecular weight excluding hydrogens is 400 g/mol. The lowest BCUT2D eigenvalue weighted by Crippen LogP contribution is -2.47. The Morgan fingerprint density at radius 3 is 3.00 bits per heavy atom. The van der Waals surface area contributed by atoms with Crippen molar-refractivity contribution in [3.63, 3.8) is 0 Å². The lowest BCUT2D eigenvalue weighted by atomic mass is 10.1. The molecule has 2 N–H and O–H groups in total. The molecule has 164 valence electrons. The molecule has 1 saturated heterocycles. The van der Waals surface area contributed by atoms with Gasteiger partial charge in [-0.3, -0.25) is 4.99 Å². The molecule has 4 rings (SSSR count). The Bertz CT molecular complexity index is 842. The van der Waals surface area contributed by atoms with Gasteiger partial charge in [0, 0.05) is 57.6 Å².